The summed E-state index contributed by atoms with van der Waals surface area (Å²) in [6.07, 6.45) is 1.24. The first-order valence-corrected chi connectivity index (χ1v) is 8.11. The van der Waals surface area contributed by atoms with Gasteiger partial charge in [0.05, 0.1) is 22.8 Å². The zero-order valence-electron chi connectivity index (χ0n) is 13.5. The number of benzene rings is 1. The molecule has 23 heavy (non-hydrogen) atoms. The third kappa shape index (κ3) is 3.26. The fourth-order valence-corrected chi connectivity index (χ4v) is 3.52. The third-order valence-electron chi connectivity index (χ3n) is 4.44. The quantitative estimate of drug-likeness (QED) is 0.931. The number of fused-ring (bicyclic) bond motifs is 1. The van der Waals surface area contributed by atoms with Crippen LogP contribution in [0.15, 0.2) is 18.2 Å². The van der Waals surface area contributed by atoms with Crippen molar-refractivity contribution < 1.29 is 4.79 Å². The monoisotopic (exact) mass is 332 g/mol. The van der Waals surface area contributed by atoms with E-state index in [2.05, 4.69) is 16.1 Å². The lowest BCUT2D eigenvalue weighted by atomic mass is 9.93. The van der Waals surface area contributed by atoms with E-state index in [1.165, 1.54) is 11.1 Å². The summed E-state index contributed by atoms with van der Waals surface area (Å²) in [5, 5.41) is 5.12. The van der Waals surface area contributed by atoms with Crippen molar-refractivity contribution >= 4 is 17.5 Å². The van der Waals surface area contributed by atoms with Gasteiger partial charge < -0.3 is 5.73 Å². The molecular weight excluding hydrogens is 312 g/mol. The highest BCUT2D eigenvalue weighted by Gasteiger charge is 2.21. The van der Waals surface area contributed by atoms with Crippen molar-refractivity contribution in [2.45, 2.75) is 32.9 Å². The Bertz CT molecular complexity index is 753. The smallest absolute Gasteiger partial charge is 0.221 e. The second-order valence-corrected chi connectivity index (χ2v) is 6.51. The molecule has 0 unspecified atom stereocenters. The van der Waals surface area contributed by atoms with Crippen LogP contribution in [0.3, 0.4) is 0 Å². The normalized spacial score (nSPS) is 14.7. The van der Waals surface area contributed by atoms with Crippen molar-refractivity contribution in [3.63, 3.8) is 0 Å². The lowest BCUT2D eigenvalue weighted by Gasteiger charge is -2.30. The molecule has 0 radical (unpaired) electrons. The number of halogens is 1. The Kier molecular flexibility index (Phi) is 4.41. The Labute approximate surface area is 141 Å². The molecule has 6 heteroatoms. The van der Waals surface area contributed by atoms with Gasteiger partial charge in [-0.25, -0.2) is 0 Å². The van der Waals surface area contributed by atoms with Gasteiger partial charge in [0.25, 0.3) is 0 Å². The van der Waals surface area contributed by atoms with Gasteiger partial charge in [0.2, 0.25) is 5.91 Å². The Morgan fingerprint density at radius 3 is 2.87 bits per heavy atom. The number of carbonyl (C=O) groups excluding carboxylic acids is 1. The van der Waals surface area contributed by atoms with Gasteiger partial charge in [-0.2, -0.15) is 5.10 Å². The molecule has 0 bridgehead atoms. The average molecular weight is 333 g/mol. The molecule has 0 fully saturated rings. The van der Waals surface area contributed by atoms with Gasteiger partial charge >= 0.3 is 0 Å². The predicted molar refractivity (Wildman–Crippen MR) is 90.1 cm³/mol. The molecule has 2 heterocycles. The van der Waals surface area contributed by atoms with E-state index in [0.29, 0.717) is 6.42 Å². The molecule has 1 aliphatic heterocycles. The van der Waals surface area contributed by atoms with Gasteiger partial charge in [-0.3, -0.25) is 14.4 Å². The number of hydrogen-bond acceptors (Lipinski definition) is 3. The molecule has 1 aromatic heterocycles. The van der Waals surface area contributed by atoms with Crippen molar-refractivity contribution in [1.82, 2.24) is 14.7 Å². The largest absolute Gasteiger partial charge is 0.369 e. The first-order chi connectivity index (χ1) is 11.0. The molecule has 0 aliphatic carbocycles. The number of aromatic nitrogens is 2. The van der Waals surface area contributed by atoms with Gasteiger partial charge in [0.15, 0.2) is 0 Å². The molecule has 3 rings (SSSR count). The molecular formula is C17H21ClN4O. The number of carbonyl (C=O) groups is 1. The number of rotatable bonds is 4. The van der Waals surface area contributed by atoms with Crippen LogP contribution in [0.5, 0.6) is 0 Å². The highest BCUT2D eigenvalue weighted by Crippen LogP contribution is 2.26. The van der Waals surface area contributed by atoms with Crippen LogP contribution in [0.1, 0.15) is 28.1 Å². The van der Waals surface area contributed by atoms with Crippen LogP contribution in [-0.2, 0) is 37.8 Å². The van der Waals surface area contributed by atoms with Crippen LogP contribution in [0.25, 0.3) is 0 Å². The number of primary amides is 1. The lowest BCUT2D eigenvalue weighted by Crippen LogP contribution is -2.32. The summed E-state index contributed by atoms with van der Waals surface area (Å²) < 4.78 is 1.86. The first kappa shape index (κ1) is 16.0. The third-order valence-corrected chi connectivity index (χ3v) is 4.93. The average Bonchev–Trinajstić information content (AvgIpc) is 2.73. The maximum Gasteiger partial charge on any atom is 0.221 e. The van der Waals surface area contributed by atoms with Crippen LogP contribution >= 0.6 is 11.6 Å². The molecule has 0 spiro atoms. The maximum absolute atomic E-state index is 11.2. The van der Waals surface area contributed by atoms with E-state index >= 15 is 0 Å². The summed E-state index contributed by atoms with van der Waals surface area (Å²) in [6, 6.07) is 6.13. The number of nitrogens with two attached hydrogens (primary N) is 1. The minimum absolute atomic E-state index is 0.280. The fourth-order valence-electron chi connectivity index (χ4n) is 3.30. The molecule has 2 aromatic rings. The van der Waals surface area contributed by atoms with Crippen LogP contribution in [0.2, 0.25) is 5.02 Å². The van der Waals surface area contributed by atoms with E-state index in [4.69, 9.17) is 17.3 Å². The van der Waals surface area contributed by atoms with E-state index in [-0.39, 0.29) is 5.91 Å². The zero-order chi connectivity index (χ0) is 16.6. The van der Waals surface area contributed by atoms with Crippen LogP contribution in [0.4, 0.5) is 0 Å². The lowest BCUT2D eigenvalue weighted by molar-refractivity contribution is -0.117. The van der Waals surface area contributed by atoms with Crippen molar-refractivity contribution in [2.75, 3.05) is 6.54 Å². The molecule has 1 aromatic carbocycles. The summed E-state index contributed by atoms with van der Waals surface area (Å²) in [4.78, 5) is 13.6. The van der Waals surface area contributed by atoms with Crippen LogP contribution < -0.4 is 5.73 Å². The van der Waals surface area contributed by atoms with E-state index in [9.17, 15) is 4.79 Å². The van der Waals surface area contributed by atoms with Crippen molar-refractivity contribution in [3.8, 4) is 0 Å². The van der Waals surface area contributed by atoms with E-state index in [1.54, 1.807) is 0 Å². The molecule has 1 amide bonds. The van der Waals surface area contributed by atoms with Crippen LogP contribution in [-0.4, -0.2) is 27.1 Å². The summed E-state index contributed by atoms with van der Waals surface area (Å²) in [5.74, 6) is -0.280. The fraction of sp³-hybridized carbons (Fsp3) is 0.412. The first-order valence-electron chi connectivity index (χ1n) is 7.74. The number of aryl methyl sites for hydroxylation is 2. The van der Waals surface area contributed by atoms with Crippen molar-refractivity contribution in [2.24, 2.45) is 12.8 Å². The molecule has 122 valence electrons. The highest BCUT2D eigenvalue weighted by molar-refractivity contribution is 6.31. The van der Waals surface area contributed by atoms with Gasteiger partial charge in [0.1, 0.15) is 0 Å². The van der Waals surface area contributed by atoms with Gasteiger partial charge in [0, 0.05) is 26.7 Å². The van der Waals surface area contributed by atoms with Gasteiger partial charge in [-0.15, -0.1) is 0 Å². The van der Waals surface area contributed by atoms with E-state index in [0.717, 1.165) is 48.0 Å². The Morgan fingerprint density at radius 1 is 1.43 bits per heavy atom. The summed E-state index contributed by atoms with van der Waals surface area (Å²) in [7, 11) is 1.93. The molecule has 0 saturated carbocycles. The minimum atomic E-state index is -0.280. The molecule has 2 N–H and O–H groups in total. The predicted octanol–water partition coefficient (Wildman–Crippen LogP) is 1.97. The summed E-state index contributed by atoms with van der Waals surface area (Å²) >= 11 is 6.35. The maximum atomic E-state index is 11.2. The molecule has 0 atom stereocenters. The molecule has 5 nitrogen and oxygen atoms in total. The number of hydrogen-bond donors (Lipinski definition) is 1. The Hall–Kier alpha value is -1.85. The molecule has 1 aliphatic rings. The number of amides is 1. The van der Waals surface area contributed by atoms with Crippen molar-refractivity contribution in [1.29, 1.82) is 0 Å². The van der Waals surface area contributed by atoms with Gasteiger partial charge in [-0.1, -0.05) is 29.8 Å². The van der Waals surface area contributed by atoms with Crippen molar-refractivity contribution in [3.05, 3.63) is 51.3 Å². The summed E-state index contributed by atoms with van der Waals surface area (Å²) in [5.41, 5.74) is 10.9. The Balaban J connectivity index is 1.79. The second kappa shape index (κ2) is 6.34. The number of nitrogens with zero attached hydrogens (tertiary/aromatic N) is 3. The topological polar surface area (TPSA) is 64.2 Å². The van der Waals surface area contributed by atoms with Gasteiger partial charge in [-0.05, 0) is 30.0 Å². The van der Waals surface area contributed by atoms with E-state index in [1.807, 2.05) is 30.8 Å². The Morgan fingerprint density at radius 2 is 2.22 bits per heavy atom. The second-order valence-electron chi connectivity index (χ2n) is 6.13. The highest BCUT2D eigenvalue weighted by atomic mass is 35.5. The zero-order valence-corrected chi connectivity index (χ0v) is 14.2. The van der Waals surface area contributed by atoms with E-state index < -0.39 is 0 Å². The minimum Gasteiger partial charge on any atom is -0.369 e. The molecule has 0 saturated heterocycles. The van der Waals surface area contributed by atoms with Crippen LogP contribution in [0, 0.1) is 6.92 Å². The standard InChI is InChI=1S/C17H21ClN4O/c1-11-17(18)15(21(2)20-11)10-22-7-6-14-12(8-16(19)23)4-3-5-13(14)9-22/h3-5H,6-10H2,1-2H3,(H2,19,23). The SMILES string of the molecule is Cc1nn(C)c(CN2CCc3c(CC(N)=O)cccc3C2)c1Cl. The summed E-state index contributed by atoms with van der Waals surface area (Å²) in [6.45, 7) is 4.48.